The van der Waals surface area contributed by atoms with Gasteiger partial charge in [-0.2, -0.15) is 0 Å². The van der Waals surface area contributed by atoms with E-state index >= 15 is 0 Å². The smallest absolute Gasteiger partial charge is 0.254 e. The summed E-state index contributed by atoms with van der Waals surface area (Å²) >= 11 is 6.00. The van der Waals surface area contributed by atoms with Crippen LogP contribution in [0.4, 0.5) is 5.69 Å². The van der Waals surface area contributed by atoms with Crippen LogP contribution in [-0.4, -0.2) is 60.9 Å². The topological polar surface area (TPSA) is 43.9 Å². The molecule has 3 aromatic carbocycles. The molecule has 2 heterocycles. The maximum Gasteiger partial charge on any atom is 0.254 e. The number of amides is 2. The van der Waals surface area contributed by atoms with Crippen LogP contribution >= 0.6 is 11.6 Å². The van der Waals surface area contributed by atoms with E-state index in [4.69, 9.17) is 11.6 Å². The summed E-state index contributed by atoms with van der Waals surface area (Å²) in [7, 11) is 0. The first-order chi connectivity index (χ1) is 16.1. The maximum absolute atomic E-state index is 13.2. The first-order valence-corrected chi connectivity index (χ1v) is 12.0. The molecule has 2 aliphatic rings. The van der Waals surface area contributed by atoms with Crippen molar-refractivity contribution in [2.45, 2.75) is 12.8 Å². The summed E-state index contributed by atoms with van der Waals surface area (Å²) in [6.45, 7) is 4.37. The molecular formula is C27H28ClN3O2. The molecule has 2 aliphatic heterocycles. The van der Waals surface area contributed by atoms with Gasteiger partial charge in [0.1, 0.15) is 0 Å². The van der Waals surface area contributed by atoms with Crippen LogP contribution in [0.15, 0.2) is 66.7 Å². The summed E-state index contributed by atoms with van der Waals surface area (Å²) in [5.41, 5.74) is 1.89. The summed E-state index contributed by atoms with van der Waals surface area (Å²) in [4.78, 5) is 32.6. The zero-order chi connectivity index (χ0) is 22.8. The van der Waals surface area contributed by atoms with Crippen molar-refractivity contribution in [3.63, 3.8) is 0 Å². The van der Waals surface area contributed by atoms with Gasteiger partial charge >= 0.3 is 0 Å². The molecule has 0 saturated carbocycles. The van der Waals surface area contributed by atoms with Gasteiger partial charge in [-0.3, -0.25) is 9.59 Å². The van der Waals surface area contributed by atoms with E-state index in [1.165, 1.54) is 0 Å². The van der Waals surface area contributed by atoms with E-state index in [2.05, 4.69) is 4.90 Å². The fourth-order valence-corrected chi connectivity index (χ4v) is 5.13. The van der Waals surface area contributed by atoms with Crippen LogP contribution < -0.4 is 4.90 Å². The number of piperazine rings is 1. The Morgan fingerprint density at radius 1 is 0.727 bits per heavy atom. The number of halogens is 1. The van der Waals surface area contributed by atoms with Gasteiger partial charge in [-0.1, -0.05) is 48.0 Å². The third-order valence-corrected chi connectivity index (χ3v) is 7.19. The molecular weight excluding hydrogens is 434 g/mol. The fraction of sp³-hybridized carbons (Fsp3) is 0.333. The van der Waals surface area contributed by atoms with Gasteiger partial charge in [-0.15, -0.1) is 0 Å². The van der Waals surface area contributed by atoms with Gasteiger partial charge < -0.3 is 14.7 Å². The van der Waals surface area contributed by atoms with Gasteiger partial charge in [-0.05, 0) is 53.9 Å². The quantitative estimate of drug-likeness (QED) is 0.568. The average Bonchev–Trinajstić information content (AvgIpc) is 2.88. The van der Waals surface area contributed by atoms with Crippen LogP contribution in [0.3, 0.4) is 0 Å². The first-order valence-electron chi connectivity index (χ1n) is 11.7. The molecule has 0 unspecified atom stereocenters. The molecule has 0 bridgehead atoms. The third-order valence-electron chi connectivity index (χ3n) is 6.93. The van der Waals surface area contributed by atoms with Crippen LogP contribution in [0.2, 0.25) is 5.02 Å². The molecule has 0 radical (unpaired) electrons. The van der Waals surface area contributed by atoms with Crippen LogP contribution in [0.5, 0.6) is 0 Å². The van der Waals surface area contributed by atoms with Crippen molar-refractivity contribution in [1.29, 1.82) is 0 Å². The highest BCUT2D eigenvalue weighted by Gasteiger charge is 2.32. The Labute approximate surface area is 199 Å². The molecule has 0 aliphatic carbocycles. The van der Waals surface area contributed by atoms with Crippen molar-refractivity contribution in [1.82, 2.24) is 9.80 Å². The van der Waals surface area contributed by atoms with Crippen LogP contribution in [-0.2, 0) is 4.79 Å². The molecule has 170 valence electrons. The van der Waals surface area contributed by atoms with E-state index in [1.54, 1.807) is 0 Å². The van der Waals surface area contributed by atoms with Gasteiger partial charge in [0.15, 0.2) is 0 Å². The molecule has 6 heteroatoms. The number of piperidine rings is 1. The lowest BCUT2D eigenvalue weighted by atomic mass is 9.94. The van der Waals surface area contributed by atoms with Crippen molar-refractivity contribution >= 4 is 39.9 Å². The van der Waals surface area contributed by atoms with E-state index < -0.39 is 0 Å². The lowest BCUT2D eigenvalue weighted by molar-refractivity contribution is -0.137. The Morgan fingerprint density at radius 3 is 2.12 bits per heavy atom. The molecule has 0 aromatic heterocycles. The first kappa shape index (κ1) is 21.8. The zero-order valence-electron chi connectivity index (χ0n) is 18.6. The molecule has 33 heavy (non-hydrogen) atoms. The number of hydrogen-bond donors (Lipinski definition) is 0. The third kappa shape index (κ3) is 4.55. The number of carbonyl (C=O) groups is 2. The van der Waals surface area contributed by atoms with Gasteiger partial charge in [0.05, 0.1) is 0 Å². The SMILES string of the molecule is O=C(c1cccc2ccccc12)N1CCC(C(=O)N2CCN(c3ccc(Cl)cc3)CC2)CC1. The van der Waals surface area contributed by atoms with Gasteiger partial charge in [0.25, 0.3) is 5.91 Å². The lowest BCUT2D eigenvalue weighted by Crippen LogP contribution is -2.52. The van der Waals surface area contributed by atoms with E-state index in [0.29, 0.717) is 13.1 Å². The van der Waals surface area contributed by atoms with Crippen molar-refractivity contribution in [2.24, 2.45) is 5.92 Å². The number of carbonyl (C=O) groups excluding carboxylic acids is 2. The Hall–Kier alpha value is -3.05. The fourth-order valence-electron chi connectivity index (χ4n) is 5.01. The Kier molecular flexibility index (Phi) is 6.23. The van der Waals surface area contributed by atoms with E-state index in [-0.39, 0.29) is 17.7 Å². The minimum Gasteiger partial charge on any atom is -0.368 e. The summed E-state index contributed by atoms with van der Waals surface area (Å²) in [6, 6.07) is 21.7. The second kappa shape index (κ2) is 9.44. The van der Waals surface area contributed by atoms with Crippen LogP contribution in [0.1, 0.15) is 23.2 Å². The predicted molar refractivity (Wildman–Crippen MR) is 133 cm³/mol. The molecule has 2 fully saturated rings. The van der Waals surface area contributed by atoms with Crippen molar-refractivity contribution in [3.8, 4) is 0 Å². The molecule has 5 nitrogen and oxygen atoms in total. The summed E-state index contributed by atoms with van der Waals surface area (Å²) in [6.07, 6.45) is 1.46. The van der Waals surface area contributed by atoms with Crippen LogP contribution in [0, 0.1) is 5.92 Å². The monoisotopic (exact) mass is 461 g/mol. The molecule has 0 atom stereocenters. The molecule has 0 N–H and O–H groups in total. The largest absolute Gasteiger partial charge is 0.368 e. The Morgan fingerprint density at radius 2 is 1.39 bits per heavy atom. The highest BCUT2D eigenvalue weighted by atomic mass is 35.5. The molecule has 2 saturated heterocycles. The number of nitrogens with zero attached hydrogens (tertiary/aromatic N) is 3. The zero-order valence-corrected chi connectivity index (χ0v) is 19.4. The normalized spacial score (nSPS) is 17.4. The number of hydrogen-bond acceptors (Lipinski definition) is 3. The second-order valence-corrected chi connectivity index (χ2v) is 9.32. The van der Waals surface area contributed by atoms with E-state index in [0.717, 1.165) is 66.1 Å². The number of rotatable bonds is 3. The number of likely N-dealkylation sites (tertiary alicyclic amines) is 1. The van der Waals surface area contributed by atoms with Crippen LogP contribution in [0.25, 0.3) is 10.8 Å². The number of fused-ring (bicyclic) bond motifs is 1. The summed E-state index contributed by atoms with van der Waals surface area (Å²) in [5.74, 6) is 0.306. The standard InChI is InChI=1S/C27H28ClN3O2/c28-22-8-10-23(11-9-22)29-16-18-31(19-17-29)26(32)21-12-14-30(15-13-21)27(33)25-7-3-5-20-4-1-2-6-24(20)25/h1-11,21H,12-19H2. The minimum atomic E-state index is 0.00338. The van der Waals surface area contributed by atoms with Crippen molar-refractivity contribution < 1.29 is 9.59 Å². The highest BCUT2D eigenvalue weighted by molar-refractivity contribution is 6.30. The summed E-state index contributed by atoms with van der Waals surface area (Å²) in [5, 5.41) is 2.80. The Balaban J connectivity index is 1.16. The lowest BCUT2D eigenvalue weighted by Gasteiger charge is -2.39. The molecule has 3 aromatic rings. The van der Waals surface area contributed by atoms with Gasteiger partial charge in [0, 0.05) is 61.5 Å². The number of benzene rings is 3. The van der Waals surface area contributed by atoms with Gasteiger partial charge in [0.2, 0.25) is 5.91 Å². The van der Waals surface area contributed by atoms with E-state index in [1.807, 2.05) is 76.5 Å². The van der Waals surface area contributed by atoms with E-state index in [9.17, 15) is 9.59 Å². The average molecular weight is 462 g/mol. The molecule has 0 spiro atoms. The summed E-state index contributed by atoms with van der Waals surface area (Å²) < 4.78 is 0. The highest BCUT2D eigenvalue weighted by Crippen LogP contribution is 2.26. The van der Waals surface area contributed by atoms with Crippen molar-refractivity contribution in [2.75, 3.05) is 44.2 Å². The molecule has 2 amide bonds. The van der Waals surface area contributed by atoms with Gasteiger partial charge in [-0.25, -0.2) is 0 Å². The maximum atomic E-state index is 13.2. The minimum absolute atomic E-state index is 0.00338. The van der Waals surface area contributed by atoms with Crippen molar-refractivity contribution in [3.05, 3.63) is 77.3 Å². The molecule has 5 rings (SSSR count). The predicted octanol–water partition coefficient (Wildman–Crippen LogP) is 4.69. The second-order valence-electron chi connectivity index (χ2n) is 8.88. The Bertz CT molecular complexity index is 1140. The number of anilines is 1.